The Morgan fingerprint density at radius 2 is 1.89 bits per heavy atom. The molecule has 2 aromatic carbocycles. The second-order valence-electron chi connectivity index (χ2n) is 9.42. The van der Waals surface area contributed by atoms with Crippen molar-refractivity contribution < 1.29 is 9.47 Å². The predicted molar refractivity (Wildman–Crippen MR) is 147 cm³/mol. The molecule has 7 nitrogen and oxygen atoms in total. The van der Waals surface area contributed by atoms with Gasteiger partial charge in [0.2, 0.25) is 0 Å². The number of aryl methyl sites for hydroxylation is 2. The third-order valence-electron chi connectivity index (χ3n) is 7.08. The van der Waals surface area contributed by atoms with Crippen LogP contribution in [-0.2, 0) is 30.2 Å². The summed E-state index contributed by atoms with van der Waals surface area (Å²) in [6, 6.07) is 15.1. The van der Waals surface area contributed by atoms with Crippen molar-refractivity contribution in [1.82, 2.24) is 19.3 Å². The molecule has 37 heavy (non-hydrogen) atoms. The van der Waals surface area contributed by atoms with E-state index in [2.05, 4.69) is 16.3 Å². The van der Waals surface area contributed by atoms with E-state index in [0.717, 1.165) is 75.9 Å². The van der Waals surface area contributed by atoms with Crippen LogP contribution in [0.15, 0.2) is 53.3 Å². The molecule has 0 amide bonds. The Morgan fingerprint density at radius 3 is 2.68 bits per heavy atom. The number of hydrogen-bond donors (Lipinski definition) is 1. The second kappa shape index (κ2) is 9.65. The van der Waals surface area contributed by atoms with Gasteiger partial charge in [-0.15, -0.1) is 0 Å². The summed E-state index contributed by atoms with van der Waals surface area (Å²) in [5.74, 6) is 0. The zero-order valence-corrected chi connectivity index (χ0v) is 22.1. The van der Waals surface area contributed by atoms with Crippen LogP contribution in [0.1, 0.15) is 25.0 Å². The highest BCUT2D eigenvalue weighted by atomic mass is 35.5. The molecule has 1 fully saturated rings. The lowest BCUT2D eigenvalue weighted by Gasteiger charge is -2.22. The molecule has 0 aliphatic carbocycles. The fourth-order valence-electron chi connectivity index (χ4n) is 5.27. The quantitative estimate of drug-likeness (QED) is 0.280. The van der Waals surface area contributed by atoms with Crippen LogP contribution in [0.3, 0.4) is 0 Å². The third-order valence-corrected chi connectivity index (χ3v) is 7.63. The van der Waals surface area contributed by atoms with E-state index in [9.17, 15) is 4.79 Å². The van der Waals surface area contributed by atoms with E-state index < -0.39 is 0 Å². The number of aromatic nitrogens is 4. The highest BCUT2D eigenvalue weighted by molar-refractivity contribution is 6.37. The van der Waals surface area contributed by atoms with Crippen LogP contribution in [0.2, 0.25) is 10.0 Å². The lowest BCUT2D eigenvalue weighted by Crippen LogP contribution is -2.22. The Kier molecular flexibility index (Phi) is 6.32. The third kappa shape index (κ3) is 4.26. The Morgan fingerprint density at radius 1 is 1.05 bits per heavy atom. The van der Waals surface area contributed by atoms with Crippen molar-refractivity contribution >= 4 is 45.1 Å². The number of halogens is 2. The molecule has 3 aromatic heterocycles. The fraction of sp³-hybridized carbons (Fsp3) is 0.286. The average molecular weight is 537 g/mol. The van der Waals surface area contributed by atoms with E-state index in [-0.39, 0.29) is 11.8 Å². The lowest BCUT2D eigenvalue weighted by atomic mass is 9.92. The molecule has 1 aliphatic heterocycles. The molecule has 190 valence electrons. The van der Waals surface area contributed by atoms with E-state index in [1.54, 1.807) is 23.7 Å². The summed E-state index contributed by atoms with van der Waals surface area (Å²) in [5, 5.41) is 10.8. The largest absolute Gasteiger partial charge is 0.353 e. The molecule has 0 radical (unpaired) electrons. The van der Waals surface area contributed by atoms with Gasteiger partial charge in [-0.2, -0.15) is 5.10 Å². The molecule has 1 N–H and O–H groups in total. The molecule has 1 unspecified atom stereocenters. The zero-order chi connectivity index (χ0) is 25.7. The number of rotatable bonds is 5. The maximum atomic E-state index is 12.5. The monoisotopic (exact) mass is 536 g/mol. The van der Waals surface area contributed by atoms with Crippen molar-refractivity contribution in [3.8, 4) is 22.4 Å². The number of fused-ring (bicyclic) bond motifs is 3. The minimum absolute atomic E-state index is 0.0661. The molecule has 4 heterocycles. The van der Waals surface area contributed by atoms with Crippen molar-refractivity contribution in [3.05, 3.63) is 74.6 Å². The number of ether oxygens (including phenoxy) is 2. The lowest BCUT2D eigenvalue weighted by molar-refractivity contribution is -0.169. The molecule has 1 aliphatic rings. The number of nitrogens with one attached hydrogen (secondary N) is 1. The Labute approximate surface area is 223 Å². The first kappa shape index (κ1) is 24.2. The first-order chi connectivity index (χ1) is 17.9. The van der Waals surface area contributed by atoms with Gasteiger partial charge in [-0.25, -0.2) is 0 Å². The standard InChI is InChI=1S/C28H26Cl2N4O3/c1-33-23-10-8-19(22-14-17(31-32-22)15-37-25-5-3-4-12-36-25)26(18-7-6-16(29)13-21(18)30)27(23)20-9-11-24(35)34(2)28(20)33/h6-11,13-14,25H,3-5,12,15H2,1-2H3,(H,31,32). The van der Waals surface area contributed by atoms with Crippen LogP contribution in [0.25, 0.3) is 44.3 Å². The number of benzene rings is 2. The number of pyridine rings is 1. The molecular weight excluding hydrogens is 511 g/mol. The van der Waals surface area contributed by atoms with Crippen LogP contribution < -0.4 is 5.56 Å². The van der Waals surface area contributed by atoms with Crippen LogP contribution in [-0.4, -0.2) is 32.2 Å². The molecule has 6 rings (SSSR count). The van der Waals surface area contributed by atoms with Gasteiger partial charge in [-0.05, 0) is 49.6 Å². The molecule has 0 spiro atoms. The minimum Gasteiger partial charge on any atom is -0.353 e. The normalized spacial score (nSPS) is 16.2. The maximum absolute atomic E-state index is 12.5. The molecule has 5 aromatic rings. The van der Waals surface area contributed by atoms with E-state index in [0.29, 0.717) is 16.7 Å². The number of hydrogen-bond acceptors (Lipinski definition) is 4. The Hall–Kier alpha value is -3.10. The van der Waals surface area contributed by atoms with Gasteiger partial charge in [0, 0.05) is 64.3 Å². The first-order valence-electron chi connectivity index (χ1n) is 12.3. The number of aromatic amines is 1. The van der Waals surface area contributed by atoms with Gasteiger partial charge in [0.25, 0.3) is 5.56 Å². The van der Waals surface area contributed by atoms with Crippen LogP contribution in [0, 0.1) is 0 Å². The highest BCUT2D eigenvalue weighted by Crippen LogP contribution is 2.44. The second-order valence-corrected chi connectivity index (χ2v) is 10.3. The number of nitrogens with zero attached hydrogens (tertiary/aromatic N) is 3. The van der Waals surface area contributed by atoms with Gasteiger partial charge in [0.15, 0.2) is 6.29 Å². The summed E-state index contributed by atoms with van der Waals surface area (Å²) in [5.41, 5.74) is 6.05. The van der Waals surface area contributed by atoms with E-state index >= 15 is 0 Å². The SMILES string of the molecule is Cn1c(=O)ccc2c3c(-c4ccc(Cl)cc4Cl)c(-c4cc(COC5CCCCO5)[nH]n4)ccc3n(C)c21. The van der Waals surface area contributed by atoms with Crippen LogP contribution in [0.4, 0.5) is 0 Å². The molecular formula is C28H26Cl2N4O3. The van der Waals surface area contributed by atoms with Crippen LogP contribution in [0.5, 0.6) is 0 Å². The van der Waals surface area contributed by atoms with Crippen molar-refractivity contribution in [2.45, 2.75) is 32.2 Å². The van der Waals surface area contributed by atoms with Crippen molar-refractivity contribution in [1.29, 1.82) is 0 Å². The van der Waals surface area contributed by atoms with Gasteiger partial charge in [-0.3, -0.25) is 14.5 Å². The summed E-state index contributed by atoms with van der Waals surface area (Å²) in [7, 11) is 3.75. The van der Waals surface area contributed by atoms with Gasteiger partial charge < -0.3 is 14.0 Å². The summed E-state index contributed by atoms with van der Waals surface area (Å²) < 4.78 is 15.4. The first-order valence-corrected chi connectivity index (χ1v) is 13.0. The van der Waals surface area contributed by atoms with Crippen molar-refractivity contribution in [3.63, 3.8) is 0 Å². The molecule has 1 saturated heterocycles. The van der Waals surface area contributed by atoms with E-state index in [1.807, 2.05) is 41.9 Å². The topological polar surface area (TPSA) is 74.1 Å². The molecule has 0 saturated carbocycles. The van der Waals surface area contributed by atoms with E-state index in [4.69, 9.17) is 32.7 Å². The Bertz CT molecular complexity index is 1700. The van der Waals surface area contributed by atoms with Gasteiger partial charge in [0.05, 0.1) is 23.5 Å². The predicted octanol–water partition coefficient (Wildman–Crippen LogP) is 6.44. The smallest absolute Gasteiger partial charge is 0.251 e. The van der Waals surface area contributed by atoms with Gasteiger partial charge >= 0.3 is 0 Å². The van der Waals surface area contributed by atoms with E-state index in [1.165, 1.54) is 0 Å². The summed E-state index contributed by atoms with van der Waals surface area (Å²) in [6.07, 6.45) is 2.92. The Balaban J connectivity index is 1.54. The van der Waals surface area contributed by atoms with Gasteiger partial charge in [0.1, 0.15) is 5.65 Å². The van der Waals surface area contributed by atoms with Crippen LogP contribution >= 0.6 is 23.2 Å². The fourth-order valence-corrected chi connectivity index (χ4v) is 5.77. The number of H-pyrrole nitrogens is 1. The van der Waals surface area contributed by atoms with Crippen molar-refractivity contribution in [2.24, 2.45) is 14.1 Å². The zero-order valence-electron chi connectivity index (χ0n) is 20.6. The molecule has 1 atom stereocenters. The highest BCUT2D eigenvalue weighted by Gasteiger charge is 2.22. The molecule has 0 bridgehead atoms. The maximum Gasteiger partial charge on any atom is 0.251 e. The van der Waals surface area contributed by atoms with Gasteiger partial charge in [-0.1, -0.05) is 35.3 Å². The average Bonchev–Trinajstić information content (AvgIpc) is 3.48. The summed E-state index contributed by atoms with van der Waals surface area (Å²) >= 11 is 13.0. The summed E-state index contributed by atoms with van der Waals surface area (Å²) in [4.78, 5) is 12.5. The van der Waals surface area contributed by atoms with Crippen molar-refractivity contribution in [2.75, 3.05) is 6.61 Å². The minimum atomic E-state index is -0.178. The summed E-state index contributed by atoms with van der Waals surface area (Å²) in [6.45, 7) is 1.12. The molecule has 9 heteroatoms.